The lowest BCUT2D eigenvalue weighted by Crippen LogP contribution is -2.45. The Balaban J connectivity index is 1.34. The molecule has 0 saturated carbocycles. The lowest BCUT2D eigenvalue weighted by molar-refractivity contribution is -0.132. The fraction of sp³-hybridized carbons (Fsp3) is 0.421. The number of methoxy groups -OCH3 is 3. The van der Waals surface area contributed by atoms with E-state index in [-0.39, 0.29) is 24.3 Å². The molecule has 2 aromatic carbocycles. The molecule has 1 saturated heterocycles. The molecular formula is C38H47N7O5. The monoisotopic (exact) mass is 681 g/mol. The van der Waals surface area contributed by atoms with Crippen LogP contribution in [0, 0.1) is 5.92 Å². The normalized spacial score (nSPS) is 18.1. The van der Waals surface area contributed by atoms with Gasteiger partial charge >= 0.3 is 0 Å². The van der Waals surface area contributed by atoms with Crippen LogP contribution in [-0.4, -0.2) is 97.2 Å². The van der Waals surface area contributed by atoms with E-state index >= 15 is 0 Å². The Morgan fingerprint density at radius 2 is 1.80 bits per heavy atom. The number of aromatic nitrogens is 3. The maximum atomic E-state index is 13.4. The van der Waals surface area contributed by atoms with Gasteiger partial charge in [-0.25, -0.2) is 9.97 Å². The number of piperidine rings is 1. The zero-order valence-corrected chi connectivity index (χ0v) is 29.2. The van der Waals surface area contributed by atoms with Gasteiger partial charge in [0.15, 0.2) is 11.5 Å². The van der Waals surface area contributed by atoms with Crippen LogP contribution < -0.4 is 24.4 Å². The molecule has 0 spiro atoms. The molecule has 264 valence electrons. The van der Waals surface area contributed by atoms with E-state index in [1.807, 2.05) is 42.6 Å². The van der Waals surface area contributed by atoms with E-state index in [0.717, 1.165) is 78.9 Å². The van der Waals surface area contributed by atoms with Crippen LogP contribution in [0.1, 0.15) is 42.5 Å². The second-order valence-corrected chi connectivity index (χ2v) is 12.9. The minimum absolute atomic E-state index is 0.0236. The van der Waals surface area contributed by atoms with Gasteiger partial charge in [-0.15, -0.1) is 0 Å². The van der Waals surface area contributed by atoms with E-state index in [1.54, 1.807) is 44.7 Å². The highest BCUT2D eigenvalue weighted by Crippen LogP contribution is 2.44. The number of imidazole rings is 1. The van der Waals surface area contributed by atoms with Crippen LogP contribution in [0.25, 0.3) is 17.0 Å². The Kier molecular flexibility index (Phi) is 11.5. The molecular weight excluding hydrogens is 634 g/mol. The first-order valence-electron chi connectivity index (χ1n) is 17.3. The molecule has 4 aromatic rings. The van der Waals surface area contributed by atoms with Crippen molar-refractivity contribution in [3.05, 3.63) is 77.9 Å². The summed E-state index contributed by atoms with van der Waals surface area (Å²) in [5.74, 6) is 2.50. The minimum Gasteiger partial charge on any atom is -0.493 e. The van der Waals surface area contributed by atoms with Gasteiger partial charge in [0.2, 0.25) is 17.6 Å². The smallest absolute Gasteiger partial charge is 0.247 e. The number of anilines is 1. The molecule has 4 heterocycles. The summed E-state index contributed by atoms with van der Waals surface area (Å²) < 4.78 is 17.3. The average Bonchev–Trinajstić information content (AvgIpc) is 3.66. The largest absolute Gasteiger partial charge is 0.493 e. The predicted molar refractivity (Wildman–Crippen MR) is 193 cm³/mol. The van der Waals surface area contributed by atoms with Crippen LogP contribution in [0.5, 0.6) is 17.2 Å². The lowest BCUT2D eigenvalue weighted by atomic mass is 9.97. The van der Waals surface area contributed by atoms with Crippen molar-refractivity contribution >= 4 is 34.6 Å². The number of carbonyl (C=O) groups is 2. The number of pyridine rings is 1. The Bertz CT molecular complexity index is 1780. The van der Waals surface area contributed by atoms with Gasteiger partial charge in [0.25, 0.3) is 0 Å². The standard InChI is InChI=1S/C38H47N7O5/c1-48-33-19-32-31(36(49-2)37(33)50-3)18-29-23-43(24-30-21-39-26-41-30)15-7-8-16-44(35(47)14-13-27-10-5-4-6-11-27)25-34(46)40-20-28-12-9-17-45(22-28)38(29)42-32/h4-6,10-11,13-14,18-19,21,26,28H,7-9,12,15-17,20,22-25H2,1-3H3,(H,39,41)(H,40,46)/b14-13+. The third-order valence-electron chi connectivity index (χ3n) is 9.44. The topological polar surface area (TPSA) is 125 Å². The van der Waals surface area contributed by atoms with Crippen molar-refractivity contribution in [2.24, 2.45) is 5.92 Å². The molecule has 1 fully saturated rings. The molecule has 2 bridgehead atoms. The van der Waals surface area contributed by atoms with E-state index in [0.29, 0.717) is 43.4 Å². The summed E-state index contributed by atoms with van der Waals surface area (Å²) in [5.41, 5.74) is 3.78. The summed E-state index contributed by atoms with van der Waals surface area (Å²) in [6.07, 6.45) is 10.4. The van der Waals surface area contributed by atoms with Crippen molar-refractivity contribution in [2.45, 2.75) is 38.8 Å². The van der Waals surface area contributed by atoms with Gasteiger partial charge in [-0.2, -0.15) is 0 Å². The highest BCUT2D eigenvalue weighted by Gasteiger charge is 2.27. The third kappa shape index (κ3) is 8.36. The van der Waals surface area contributed by atoms with Crippen molar-refractivity contribution in [2.75, 3.05) is 65.5 Å². The van der Waals surface area contributed by atoms with Crippen molar-refractivity contribution in [1.82, 2.24) is 30.1 Å². The lowest BCUT2D eigenvalue weighted by Gasteiger charge is -2.36. The average molecular weight is 682 g/mol. The van der Waals surface area contributed by atoms with Gasteiger partial charge < -0.3 is 34.3 Å². The fourth-order valence-corrected chi connectivity index (χ4v) is 6.93. The van der Waals surface area contributed by atoms with Crippen LogP contribution >= 0.6 is 0 Å². The maximum Gasteiger partial charge on any atom is 0.247 e. The zero-order valence-electron chi connectivity index (χ0n) is 29.2. The molecule has 50 heavy (non-hydrogen) atoms. The molecule has 0 aliphatic carbocycles. The molecule has 2 amide bonds. The maximum absolute atomic E-state index is 13.4. The molecule has 12 heteroatoms. The number of hydrogen-bond acceptors (Lipinski definition) is 9. The summed E-state index contributed by atoms with van der Waals surface area (Å²) in [5, 5.41) is 3.98. The number of nitrogens with zero attached hydrogens (tertiary/aromatic N) is 5. The number of amides is 2. The number of aromatic amines is 1. The Morgan fingerprint density at radius 3 is 2.56 bits per heavy atom. The van der Waals surface area contributed by atoms with E-state index in [9.17, 15) is 9.59 Å². The van der Waals surface area contributed by atoms with E-state index in [1.165, 1.54) is 0 Å². The number of nitrogens with one attached hydrogen (secondary N) is 2. The fourth-order valence-electron chi connectivity index (χ4n) is 6.93. The molecule has 12 nitrogen and oxygen atoms in total. The van der Waals surface area contributed by atoms with Crippen molar-refractivity contribution in [3.63, 3.8) is 0 Å². The van der Waals surface area contributed by atoms with Gasteiger partial charge in [-0.05, 0) is 55.9 Å². The van der Waals surface area contributed by atoms with Crippen molar-refractivity contribution in [1.29, 1.82) is 0 Å². The van der Waals surface area contributed by atoms with Crippen LogP contribution in [-0.2, 0) is 22.7 Å². The molecule has 2 aliphatic rings. The van der Waals surface area contributed by atoms with E-state index < -0.39 is 0 Å². The van der Waals surface area contributed by atoms with E-state index in [2.05, 4.69) is 31.2 Å². The highest BCUT2D eigenvalue weighted by atomic mass is 16.5. The second kappa shape index (κ2) is 16.5. The second-order valence-electron chi connectivity index (χ2n) is 12.9. The summed E-state index contributed by atoms with van der Waals surface area (Å²) in [6.45, 7) is 4.69. The Morgan fingerprint density at radius 1 is 0.980 bits per heavy atom. The summed E-state index contributed by atoms with van der Waals surface area (Å²) in [7, 11) is 4.85. The van der Waals surface area contributed by atoms with Crippen molar-refractivity contribution < 1.29 is 23.8 Å². The summed E-state index contributed by atoms with van der Waals surface area (Å²) in [4.78, 5) is 45.8. The molecule has 6 rings (SSSR count). The van der Waals surface area contributed by atoms with Gasteiger partial charge in [0, 0.05) is 74.3 Å². The van der Waals surface area contributed by atoms with Crippen LogP contribution in [0.2, 0.25) is 0 Å². The SMILES string of the molecule is COc1cc2nc3c(cc2c(OC)c1OC)CN(Cc1cnc[nH]1)CCCCN(C(=O)/C=C/c1ccccc1)CC(=O)NCC1CCCN3C1. The van der Waals surface area contributed by atoms with Gasteiger partial charge in [0.05, 0.1) is 39.7 Å². The summed E-state index contributed by atoms with van der Waals surface area (Å²) >= 11 is 0. The van der Waals surface area contributed by atoms with Gasteiger partial charge in [0.1, 0.15) is 5.82 Å². The first kappa shape index (κ1) is 34.8. The molecule has 2 aliphatic heterocycles. The van der Waals surface area contributed by atoms with Crippen LogP contribution in [0.4, 0.5) is 5.82 Å². The number of ether oxygens (including phenoxy) is 3. The molecule has 0 radical (unpaired) electrons. The zero-order chi connectivity index (χ0) is 34.9. The summed E-state index contributed by atoms with van der Waals surface area (Å²) in [6, 6.07) is 13.8. The predicted octanol–water partition coefficient (Wildman–Crippen LogP) is 4.65. The number of hydrogen-bond donors (Lipinski definition) is 2. The van der Waals surface area contributed by atoms with Gasteiger partial charge in [-0.1, -0.05) is 30.3 Å². The quantitative estimate of drug-likeness (QED) is 0.268. The highest BCUT2D eigenvalue weighted by molar-refractivity contribution is 5.94. The minimum atomic E-state index is -0.170. The third-order valence-corrected chi connectivity index (χ3v) is 9.44. The molecule has 2 N–H and O–H groups in total. The number of rotatable bonds is 7. The van der Waals surface area contributed by atoms with Crippen LogP contribution in [0.3, 0.4) is 0 Å². The van der Waals surface area contributed by atoms with Crippen molar-refractivity contribution in [3.8, 4) is 17.2 Å². The first-order chi connectivity index (χ1) is 24.4. The van der Waals surface area contributed by atoms with E-state index in [4.69, 9.17) is 19.2 Å². The molecule has 1 unspecified atom stereocenters. The molecule has 1 atom stereocenters. The Hall–Kier alpha value is -5.10. The Labute approximate surface area is 293 Å². The molecule has 2 aromatic heterocycles. The number of carbonyl (C=O) groups excluding carboxylic acids is 2. The number of H-pyrrole nitrogens is 1. The number of benzene rings is 2. The first-order valence-corrected chi connectivity index (χ1v) is 17.3. The number of fused-ring (bicyclic) bond motifs is 5. The van der Waals surface area contributed by atoms with Crippen LogP contribution in [0.15, 0.2) is 61.1 Å². The van der Waals surface area contributed by atoms with Gasteiger partial charge in [-0.3, -0.25) is 14.5 Å².